The fourth-order valence-electron chi connectivity index (χ4n) is 3.81. The maximum absolute atomic E-state index is 5.80. The summed E-state index contributed by atoms with van der Waals surface area (Å²) in [6.07, 6.45) is 9.57. The Kier molecular flexibility index (Phi) is 6.23. The number of ether oxygens (including phenoxy) is 2. The number of methoxy groups -OCH3 is 1. The first-order valence-electron chi connectivity index (χ1n) is 10.3. The Hall–Kier alpha value is -3.00. The first kappa shape index (κ1) is 20.3. The maximum Gasteiger partial charge on any atom is 0.245 e. The summed E-state index contributed by atoms with van der Waals surface area (Å²) >= 11 is 0. The monoisotopic (exact) mass is 408 g/mol. The van der Waals surface area contributed by atoms with Crippen molar-refractivity contribution in [2.45, 2.75) is 26.7 Å². The maximum atomic E-state index is 5.80. The second-order valence-corrected chi connectivity index (χ2v) is 7.94. The highest BCUT2D eigenvalue weighted by Crippen LogP contribution is 2.31. The van der Waals surface area contributed by atoms with E-state index in [1.807, 2.05) is 29.0 Å². The molecule has 0 spiro atoms. The summed E-state index contributed by atoms with van der Waals surface area (Å²) in [5.41, 5.74) is 2.42. The lowest BCUT2D eigenvalue weighted by Crippen LogP contribution is -2.38. The van der Waals surface area contributed by atoms with Crippen molar-refractivity contribution in [2.24, 2.45) is 11.8 Å². The minimum Gasteiger partial charge on any atom is -0.467 e. The fraction of sp³-hybridized carbons (Fsp3) is 0.455. The highest BCUT2D eigenvalue weighted by Gasteiger charge is 2.24. The number of anilines is 1. The molecule has 1 aliphatic heterocycles. The van der Waals surface area contributed by atoms with Crippen molar-refractivity contribution in [1.82, 2.24) is 24.7 Å². The van der Waals surface area contributed by atoms with Crippen LogP contribution >= 0.6 is 0 Å². The minimum absolute atomic E-state index is 0.143. The Morgan fingerprint density at radius 3 is 2.83 bits per heavy atom. The van der Waals surface area contributed by atoms with Gasteiger partial charge in [0, 0.05) is 44.2 Å². The van der Waals surface area contributed by atoms with Crippen LogP contribution in [0.2, 0.25) is 0 Å². The Bertz CT molecular complexity index is 943. The van der Waals surface area contributed by atoms with Crippen LogP contribution in [0.15, 0.2) is 43.1 Å². The van der Waals surface area contributed by atoms with E-state index in [2.05, 4.69) is 38.9 Å². The van der Waals surface area contributed by atoms with Crippen molar-refractivity contribution in [3.05, 3.63) is 43.1 Å². The zero-order valence-electron chi connectivity index (χ0n) is 17.7. The van der Waals surface area contributed by atoms with Gasteiger partial charge in [0.25, 0.3) is 0 Å². The van der Waals surface area contributed by atoms with Crippen LogP contribution in [0.5, 0.6) is 5.75 Å². The van der Waals surface area contributed by atoms with Crippen molar-refractivity contribution in [3.8, 4) is 22.7 Å². The van der Waals surface area contributed by atoms with E-state index in [9.17, 15) is 0 Å². The zero-order valence-corrected chi connectivity index (χ0v) is 17.7. The lowest BCUT2D eigenvalue weighted by Gasteiger charge is -2.34. The number of benzene rings is 1. The number of nitrogens with zero attached hydrogens (tertiary/aromatic N) is 6. The average molecular weight is 409 g/mol. The minimum atomic E-state index is 0.143. The molecule has 0 bridgehead atoms. The Labute approximate surface area is 176 Å². The molecule has 0 amide bonds. The van der Waals surface area contributed by atoms with Crippen LogP contribution in [0.1, 0.15) is 26.7 Å². The molecule has 8 heteroatoms. The normalized spacial score (nSPS) is 16.8. The van der Waals surface area contributed by atoms with Crippen molar-refractivity contribution >= 4 is 5.95 Å². The largest absolute Gasteiger partial charge is 0.467 e. The van der Waals surface area contributed by atoms with Crippen LogP contribution in [0.25, 0.3) is 16.9 Å². The van der Waals surface area contributed by atoms with Gasteiger partial charge >= 0.3 is 0 Å². The molecule has 1 saturated heterocycles. The third kappa shape index (κ3) is 4.43. The van der Waals surface area contributed by atoms with Gasteiger partial charge in [-0.3, -0.25) is 0 Å². The van der Waals surface area contributed by atoms with Gasteiger partial charge in [0.1, 0.15) is 11.4 Å². The van der Waals surface area contributed by atoms with Crippen LogP contribution in [0.4, 0.5) is 5.95 Å². The summed E-state index contributed by atoms with van der Waals surface area (Å²) < 4.78 is 12.8. The molecule has 0 radical (unpaired) electrons. The zero-order chi connectivity index (χ0) is 20.9. The number of hydrogen-bond acceptors (Lipinski definition) is 7. The predicted octanol–water partition coefficient (Wildman–Crippen LogP) is 3.58. The van der Waals surface area contributed by atoms with Gasteiger partial charge in [-0.1, -0.05) is 13.8 Å². The van der Waals surface area contributed by atoms with Crippen LogP contribution < -0.4 is 9.64 Å². The molecule has 3 heterocycles. The quantitative estimate of drug-likeness (QED) is 0.553. The number of hydrogen-bond donors (Lipinski definition) is 0. The van der Waals surface area contributed by atoms with E-state index in [4.69, 9.17) is 9.47 Å². The van der Waals surface area contributed by atoms with Crippen molar-refractivity contribution in [2.75, 3.05) is 31.9 Å². The molecule has 2 aromatic heterocycles. The van der Waals surface area contributed by atoms with E-state index in [1.165, 1.54) is 12.8 Å². The Morgan fingerprint density at radius 1 is 1.23 bits per heavy atom. The third-order valence-corrected chi connectivity index (χ3v) is 5.61. The van der Waals surface area contributed by atoms with Gasteiger partial charge in [-0.05, 0) is 36.8 Å². The summed E-state index contributed by atoms with van der Waals surface area (Å²) in [6, 6.07) is 5.88. The molecule has 0 unspecified atom stereocenters. The van der Waals surface area contributed by atoms with E-state index in [0.717, 1.165) is 24.3 Å². The van der Waals surface area contributed by atoms with Gasteiger partial charge < -0.3 is 18.9 Å². The lowest BCUT2D eigenvalue weighted by molar-refractivity contribution is 0.0515. The summed E-state index contributed by atoms with van der Waals surface area (Å²) in [7, 11) is 1.60. The molecule has 1 atom stereocenters. The summed E-state index contributed by atoms with van der Waals surface area (Å²) in [4.78, 5) is 11.0. The molecule has 1 aliphatic rings. The fourth-order valence-corrected chi connectivity index (χ4v) is 3.81. The van der Waals surface area contributed by atoms with Gasteiger partial charge in [0.2, 0.25) is 5.95 Å². The molecule has 4 rings (SSSR count). The molecule has 3 aromatic rings. The van der Waals surface area contributed by atoms with E-state index < -0.39 is 0 Å². The number of piperidine rings is 1. The van der Waals surface area contributed by atoms with E-state index >= 15 is 0 Å². The molecule has 1 fully saturated rings. The van der Waals surface area contributed by atoms with Crippen LogP contribution in [0.3, 0.4) is 0 Å². The summed E-state index contributed by atoms with van der Waals surface area (Å²) in [6.45, 7) is 6.67. The van der Waals surface area contributed by atoms with Gasteiger partial charge in [-0.25, -0.2) is 9.97 Å². The van der Waals surface area contributed by atoms with Gasteiger partial charge in [0.15, 0.2) is 6.79 Å². The molecular formula is C22H28N6O2. The first-order valence-corrected chi connectivity index (χ1v) is 10.3. The topological polar surface area (TPSA) is 78.2 Å². The predicted molar refractivity (Wildman–Crippen MR) is 115 cm³/mol. The van der Waals surface area contributed by atoms with Crippen LogP contribution in [-0.4, -0.2) is 51.7 Å². The van der Waals surface area contributed by atoms with E-state index in [1.54, 1.807) is 25.8 Å². The number of rotatable bonds is 7. The highest BCUT2D eigenvalue weighted by molar-refractivity contribution is 5.68. The molecule has 1 aromatic carbocycles. The second kappa shape index (κ2) is 9.21. The standard InChI is InChI=1S/C22H28N6O2/c1-16(2)17-5-4-9-27(13-17)22-24-12-20(25-26-22)19-7-6-18(28-10-8-23-14-28)11-21(19)30-15-29-3/h6-8,10-12,14,16-17H,4-5,9,13,15H2,1-3H3/t17-/m1/s1. The van der Waals surface area contributed by atoms with E-state index in [0.29, 0.717) is 29.2 Å². The van der Waals surface area contributed by atoms with Gasteiger partial charge in [-0.15, -0.1) is 10.2 Å². The smallest absolute Gasteiger partial charge is 0.245 e. The van der Waals surface area contributed by atoms with Crippen molar-refractivity contribution in [1.29, 1.82) is 0 Å². The Morgan fingerprint density at radius 2 is 2.13 bits per heavy atom. The summed E-state index contributed by atoms with van der Waals surface area (Å²) in [5, 5.41) is 8.89. The van der Waals surface area contributed by atoms with Crippen molar-refractivity contribution < 1.29 is 9.47 Å². The number of imidazole rings is 1. The first-order chi connectivity index (χ1) is 14.7. The second-order valence-electron chi connectivity index (χ2n) is 7.94. The van der Waals surface area contributed by atoms with E-state index in [-0.39, 0.29) is 6.79 Å². The number of aromatic nitrogens is 5. The molecule has 0 aliphatic carbocycles. The van der Waals surface area contributed by atoms with Crippen LogP contribution in [0, 0.1) is 11.8 Å². The molecule has 158 valence electrons. The van der Waals surface area contributed by atoms with Gasteiger partial charge in [0.05, 0.1) is 18.2 Å². The average Bonchev–Trinajstić information content (AvgIpc) is 3.33. The molecular weight excluding hydrogens is 380 g/mol. The third-order valence-electron chi connectivity index (χ3n) is 5.61. The lowest BCUT2D eigenvalue weighted by atomic mass is 9.88. The van der Waals surface area contributed by atoms with Crippen LogP contribution in [-0.2, 0) is 4.74 Å². The molecule has 0 N–H and O–H groups in total. The molecule has 30 heavy (non-hydrogen) atoms. The Balaban J connectivity index is 1.58. The molecule has 8 nitrogen and oxygen atoms in total. The summed E-state index contributed by atoms with van der Waals surface area (Å²) in [5.74, 6) is 2.68. The molecule has 0 saturated carbocycles. The highest BCUT2D eigenvalue weighted by atomic mass is 16.7. The SMILES string of the molecule is COCOc1cc(-n2ccnc2)ccc1-c1cnc(N2CCC[C@@H](C(C)C)C2)nn1. The van der Waals surface area contributed by atoms with Crippen molar-refractivity contribution in [3.63, 3.8) is 0 Å². The van der Waals surface area contributed by atoms with Gasteiger partial charge in [-0.2, -0.15) is 0 Å².